The Labute approximate surface area is 365 Å². The van der Waals surface area contributed by atoms with Gasteiger partial charge in [-0.05, 0) is 112 Å². The molecule has 4 heterocycles. The largest absolute Gasteiger partial charge is 0.489 e. The van der Waals surface area contributed by atoms with Gasteiger partial charge < -0.3 is 28.7 Å². The fourth-order valence-corrected chi connectivity index (χ4v) is 9.19. The van der Waals surface area contributed by atoms with Crippen molar-refractivity contribution < 1.29 is 28.1 Å². The number of piperazine rings is 1. The van der Waals surface area contributed by atoms with Crippen LogP contribution in [0.3, 0.4) is 0 Å². The Hall–Kier alpha value is -6.16. The molecule has 0 radical (unpaired) electrons. The maximum Gasteiger partial charge on any atom is 0.410 e. The number of hydrogen-bond donors (Lipinski definition) is 0. The summed E-state index contributed by atoms with van der Waals surface area (Å²) in [6.07, 6.45) is 3.25. The van der Waals surface area contributed by atoms with E-state index in [1.165, 1.54) is 0 Å². The Morgan fingerprint density at radius 3 is 2.40 bits per heavy atom. The molecule has 13 heteroatoms. The number of carbonyl (C=O) groups is 1. The minimum atomic E-state index is -0.671. The van der Waals surface area contributed by atoms with Gasteiger partial charge in [-0.3, -0.25) is 4.90 Å². The SMILES string of the molecule is CN1CCC[C@H]1COc1nc(N2C[C@H]3CC[C@@H](C2)N3C(=O)OC(C)(C)C)c2cc(Oc3c(Cl)cccc3C#N)c(-c3cc(OCc4ccccc4)cc4ccccc34)c(F)c2n1. The van der Waals surface area contributed by atoms with Gasteiger partial charge in [0.2, 0.25) is 0 Å². The third kappa shape index (κ3) is 8.27. The number of anilines is 1. The van der Waals surface area contributed by atoms with Gasteiger partial charge in [0.15, 0.2) is 11.6 Å². The smallest absolute Gasteiger partial charge is 0.410 e. The van der Waals surface area contributed by atoms with E-state index >= 15 is 4.39 Å². The van der Waals surface area contributed by atoms with Crippen LogP contribution >= 0.6 is 11.6 Å². The summed E-state index contributed by atoms with van der Waals surface area (Å²) in [5.74, 6) is 0.492. The molecule has 3 aliphatic rings. The first-order valence-corrected chi connectivity index (χ1v) is 21.5. The molecule has 3 fully saturated rings. The molecule has 0 unspecified atom stereocenters. The van der Waals surface area contributed by atoms with Crippen molar-refractivity contribution in [1.82, 2.24) is 19.8 Å². The highest BCUT2D eigenvalue weighted by Crippen LogP contribution is 2.47. The molecule has 318 valence electrons. The zero-order chi connectivity index (χ0) is 43.1. The molecule has 3 aliphatic heterocycles. The van der Waals surface area contributed by atoms with E-state index in [9.17, 15) is 10.1 Å². The summed E-state index contributed by atoms with van der Waals surface area (Å²) in [4.78, 5) is 29.5. The van der Waals surface area contributed by atoms with E-state index in [1.54, 1.807) is 24.3 Å². The maximum atomic E-state index is 18.3. The van der Waals surface area contributed by atoms with Crippen molar-refractivity contribution in [3.8, 4) is 40.5 Å². The fourth-order valence-electron chi connectivity index (χ4n) is 8.98. The number of aromatic nitrogens is 2. The van der Waals surface area contributed by atoms with Gasteiger partial charge in [0.05, 0.1) is 28.2 Å². The number of fused-ring (bicyclic) bond motifs is 4. The van der Waals surface area contributed by atoms with Crippen LogP contribution in [0.25, 0.3) is 32.8 Å². The molecule has 0 N–H and O–H groups in total. The lowest BCUT2D eigenvalue weighted by atomic mass is 9.95. The number of ether oxygens (including phenoxy) is 4. The van der Waals surface area contributed by atoms with Crippen molar-refractivity contribution in [3.05, 3.63) is 113 Å². The zero-order valence-electron chi connectivity index (χ0n) is 35.2. The quantitative estimate of drug-likeness (QED) is 0.132. The third-order valence-electron chi connectivity index (χ3n) is 12.0. The summed E-state index contributed by atoms with van der Waals surface area (Å²) < 4.78 is 43.5. The third-order valence-corrected chi connectivity index (χ3v) is 12.3. The molecule has 11 nitrogen and oxygen atoms in total. The second-order valence-corrected chi connectivity index (χ2v) is 17.8. The lowest BCUT2D eigenvalue weighted by Crippen LogP contribution is -2.57. The van der Waals surface area contributed by atoms with Gasteiger partial charge in [-0.2, -0.15) is 15.2 Å². The Kier molecular flexibility index (Phi) is 11.3. The monoisotopic (exact) mass is 854 g/mol. The van der Waals surface area contributed by atoms with Crippen LogP contribution in [0.4, 0.5) is 15.0 Å². The van der Waals surface area contributed by atoms with Crippen LogP contribution in [0.2, 0.25) is 5.02 Å². The van der Waals surface area contributed by atoms with E-state index in [0.29, 0.717) is 48.8 Å². The van der Waals surface area contributed by atoms with Gasteiger partial charge in [-0.25, -0.2) is 9.18 Å². The van der Waals surface area contributed by atoms with Crippen LogP contribution in [0.5, 0.6) is 23.3 Å². The van der Waals surface area contributed by atoms with Crippen molar-refractivity contribution in [1.29, 1.82) is 5.26 Å². The standard InChI is InChI=1S/C49H48ClFN6O5/c1-49(2,3)62-48(58)57-33-19-20-34(57)27-56(26-33)46-39-24-41(61-45-32(25-52)15-10-18-40(45)50)42(43(51)44(39)53-47(54-46)60-29-35-16-11-21-55(35)4)38-23-36(22-31-14-8-9-17-37(31)38)59-28-30-12-6-5-7-13-30/h5-10,12-15,17-18,22-24,33-35H,11,16,19-21,26-29H2,1-4H3/t33-,34+,35-/m0/s1. The molecule has 5 aromatic carbocycles. The average molecular weight is 855 g/mol. The number of rotatable bonds is 10. The molecule has 3 saturated heterocycles. The van der Waals surface area contributed by atoms with E-state index in [2.05, 4.69) is 22.9 Å². The first-order chi connectivity index (χ1) is 29.9. The highest BCUT2D eigenvalue weighted by Gasteiger charge is 2.45. The topological polar surface area (TPSA) is 113 Å². The highest BCUT2D eigenvalue weighted by atomic mass is 35.5. The zero-order valence-corrected chi connectivity index (χ0v) is 36.0. The first kappa shape index (κ1) is 41.2. The van der Waals surface area contributed by atoms with E-state index < -0.39 is 11.4 Å². The van der Waals surface area contributed by atoms with Crippen LogP contribution in [-0.4, -0.2) is 82.9 Å². The van der Waals surface area contributed by atoms with Crippen molar-refractivity contribution in [2.24, 2.45) is 0 Å². The molecule has 1 amide bonds. The molecule has 0 saturated carbocycles. The normalized spacial score (nSPS) is 18.9. The number of halogens is 2. The number of nitriles is 1. The van der Waals surface area contributed by atoms with Gasteiger partial charge in [-0.1, -0.05) is 72.3 Å². The molecular weight excluding hydrogens is 807 g/mol. The number of benzene rings is 5. The predicted octanol–water partition coefficient (Wildman–Crippen LogP) is 10.5. The number of amides is 1. The summed E-state index contributed by atoms with van der Waals surface area (Å²) in [6, 6.07) is 30.0. The Bertz CT molecular complexity index is 2690. The minimum Gasteiger partial charge on any atom is -0.489 e. The van der Waals surface area contributed by atoms with Crippen LogP contribution in [-0.2, 0) is 11.3 Å². The molecule has 62 heavy (non-hydrogen) atoms. The highest BCUT2D eigenvalue weighted by molar-refractivity contribution is 6.32. The van der Waals surface area contributed by atoms with Crippen molar-refractivity contribution >= 4 is 45.2 Å². The Morgan fingerprint density at radius 1 is 0.919 bits per heavy atom. The van der Waals surface area contributed by atoms with Crippen LogP contribution < -0.4 is 19.1 Å². The number of nitrogens with zero attached hydrogens (tertiary/aromatic N) is 6. The second kappa shape index (κ2) is 17.0. The number of likely N-dealkylation sites (N-methyl/N-ethyl adjacent to an activating group) is 1. The molecule has 9 rings (SSSR count). The number of carbonyl (C=O) groups excluding carboxylic acids is 1. The molecule has 0 spiro atoms. The van der Waals surface area contributed by atoms with Gasteiger partial charge in [0.1, 0.15) is 47.7 Å². The number of likely N-dealkylation sites (tertiary alicyclic amines) is 1. The van der Waals surface area contributed by atoms with Crippen molar-refractivity contribution in [2.45, 2.75) is 76.8 Å². The molecular formula is C49H48ClFN6O5. The average Bonchev–Trinajstić information content (AvgIpc) is 3.80. The van der Waals surface area contributed by atoms with Crippen LogP contribution in [0.1, 0.15) is 57.6 Å². The summed E-state index contributed by atoms with van der Waals surface area (Å²) in [5, 5.41) is 12.3. The molecule has 1 aromatic heterocycles. The lowest BCUT2D eigenvalue weighted by Gasteiger charge is -2.42. The lowest BCUT2D eigenvalue weighted by molar-refractivity contribution is 0.0122. The number of hydrogen-bond acceptors (Lipinski definition) is 10. The minimum absolute atomic E-state index is 0.0356. The van der Waals surface area contributed by atoms with E-state index in [1.807, 2.05) is 92.4 Å². The summed E-state index contributed by atoms with van der Waals surface area (Å²) in [7, 11) is 2.07. The first-order valence-electron chi connectivity index (χ1n) is 21.1. The van der Waals surface area contributed by atoms with Crippen LogP contribution in [0, 0.1) is 17.1 Å². The summed E-state index contributed by atoms with van der Waals surface area (Å²) in [5.41, 5.74) is 1.14. The second-order valence-electron chi connectivity index (χ2n) is 17.4. The van der Waals surface area contributed by atoms with Gasteiger partial charge in [0.25, 0.3) is 0 Å². The van der Waals surface area contributed by atoms with Crippen LogP contribution in [0.15, 0.2) is 91.0 Å². The van der Waals surface area contributed by atoms with E-state index in [4.69, 9.17) is 40.5 Å². The van der Waals surface area contributed by atoms with Crippen molar-refractivity contribution in [3.63, 3.8) is 0 Å². The molecule has 0 aliphatic carbocycles. The van der Waals surface area contributed by atoms with E-state index in [-0.39, 0.29) is 63.4 Å². The fraction of sp³-hybridized carbons (Fsp3) is 0.347. The predicted molar refractivity (Wildman–Crippen MR) is 238 cm³/mol. The summed E-state index contributed by atoms with van der Waals surface area (Å²) in [6.45, 7) is 8.05. The van der Waals surface area contributed by atoms with Gasteiger partial charge >= 0.3 is 12.1 Å². The summed E-state index contributed by atoms with van der Waals surface area (Å²) >= 11 is 6.74. The molecule has 6 aromatic rings. The molecule has 3 atom stereocenters. The van der Waals surface area contributed by atoms with Gasteiger partial charge in [0, 0.05) is 24.5 Å². The number of para-hydroxylation sites is 1. The maximum absolute atomic E-state index is 18.3. The Balaban J connectivity index is 1.23. The Morgan fingerprint density at radius 2 is 1.68 bits per heavy atom. The molecule has 2 bridgehead atoms. The van der Waals surface area contributed by atoms with Crippen molar-refractivity contribution in [2.75, 3.05) is 38.2 Å². The van der Waals surface area contributed by atoms with Gasteiger partial charge in [-0.15, -0.1) is 0 Å². The van der Waals surface area contributed by atoms with E-state index in [0.717, 1.165) is 48.6 Å².